The average Bonchev–Trinajstić information content (AvgIpc) is 2.84. The van der Waals surface area contributed by atoms with Crippen molar-refractivity contribution in [3.63, 3.8) is 0 Å². The van der Waals surface area contributed by atoms with E-state index in [2.05, 4.69) is 21.2 Å². The number of carbonyl (C=O) groups is 1. The Kier molecular flexibility index (Phi) is 4.63. The molecule has 0 aliphatic heterocycles. The molecule has 2 aromatic rings. The molecule has 0 aliphatic rings. The second-order valence-electron chi connectivity index (χ2n) is 3.90. The molecule has 19 heavy (non-hydrogen) atoms. The summed E-state index contributed by atoms with van der Waals surface area (Å²) in [5, 5.41) is 2.77. The van der Waals surface area contributed by atoms with Crippen LogP contribution in [-0.4, -0.2) is 12.5 Å². The zero-order valence-electron chi connectivity index (χ0n) is 10.5. The minimum Gasteiger partial charge on any atom is -0.491 e. The molecule has 0 radical (unpaired) electrons. The molecule has 4 nitrogen and oxygen atoms in total. The van der Waals surface area contributed by atoms with Gasteiger partial charge in [0.25, 0.3) is 5.91 Å². The smallest absolute Gasteiger partial charge is 0.291 e. The van der Waals surface area contributed by atoms with Crippen molar-refractivity contribution in [2.24, 2.45) is 0 Å². The second-order valence-corrected chi connectivity index (χ2v) is 4.68. The van der Waals surface area contributed by atoms with E-state index < -0.39 is 0 Å². The molecule has 0 fully saturated rings. The highest BCUT2D eigenvalue weighted by Gasteiger charge is 2.12. The summed E-state index contributed by atoms with van der Waals surface area (Å²) in [6.45, 7) is 2.64. The van der Waals surface area contributed by atoms with E-state index in [1.54, 1.807) is 18.2 Å². The fourth-order valence-electron chi connectivity index (χ4n) is 1.53. The molecule has 1 aromatic carbocycles. The minimum atomic E-state index is -0.307. The van der Waals surface area contributed by atoms with E-state index in [9.17, 15) is 4.79 Å². The predicted octanol–water partition coefficient (Wildman–Crippen LogP) is 4.08. The molecular formula is C14H14BrNO3. The van der Waals surface area contributed by atoms with Crippen molar-refractivity contribution in [3.05, 3.63) is 46.8 Å². The Morgan fingerprint density at radius 3 is 2.79 bits per heavy atom. The number of hydrogen-bond donors (Lipinski definition) is 1. The van der Waals surface area contributed by atoms with Crippen LogP contribution in [0.15, 0.2) is 45.5 Å². The number of para-hydroxylation sites is 2. The van der Waals surface area contributed by atoms with Crippen molar-refractivity contribution in [1.29, 1.82) is 0 Å². The summed E-state index contributed by atoms with van der Waals surface area (Å²) in [6, 6.07) is 10.6. The highest BCUT2D eigenvalue weighted by Crippen LogP contribution is 2.25. The lowest BCUT2D eigenvalue weighted by Gasteiger charge is -2.10. The third-order valence-electron chi connectivity index (χ3n) is 2.39. The van der Waals surface area contributed by atoms with Crippen molar-refractivity contribution >= 4 is 27.5 Å². The third-order valence-corrected chi connectivity index (χ3v) is 2.82. The summed E-state index contributed by atoms with van der Waals surface area (Å²) in [6.07, 6.45) is 0.910. The summed E-state index contributed by atoms with van der Waals surface area (Å²) in [4.78, 5) is 12.0. The molecule has 0 saturated carbocycles. The topological polar surface area (TPSA) is 51.5 Å². The van der Waals surface area contributed by atoms with Crippen molar-refractivity contribution in [2.45, 2.75) is 13.3 Å². The van der Waals surface area contributed by atoms with Crippen LogP contribution in [0.3, 0.4) is 0 Å². The van der Waals surface area contributed by atoms with E-state index in [1.165, 1.54) is 0 Å². The van der Waals surface area contributed by atoms with E-state index in [4.69, 9.17) is 9.15 Å². The summed E-state index contributed by atoms with van der Waals surface area (Å²) >= 11 is 3.16. The van der Waals surface area contributed by atoms with Crippen molar-refractivity contribution in [3.8, 4) is 5.75 Å². The standard InChI is InChI=1S/C14H14BrNO3/c1-2-9-18-11-6-4-3-5-10(11)16-14(17)12-7-8-13(15)19-12/h3-8H,2,9H2,1H3,(H,16,17). The van der Waals surface area contributed by atoms with Gasteiger partial charge in [-0.2, -0.15) is 0 Å². The van der Waals surface area contributed by atoms with E-state index in [0.717, 1.165) is 6.42 Å². The van der Waals surface area contributed by atoms with Crippen LogP contribution >= 0.6 is 15.9 Å². The summed E-state index contributed by atoms with van der Waals surface area (Å²) in [5.41, 5.74) is 0.633. The van der Waals surface area contributed by atoms with Gasteiger partial charge in [0.2, 0.25) is 0 Å². The second kappa shape index (κ2) is 6.43. The van der Waals surface area contributed by atoms with E-state index in [-0.39, 0.29) is 11.7 Å². The van der Waals surface area contributed by atoms with Crippen molar-refractivity contribution in [1.82, 2.24) is 0 Å². The van der Waals surface area contributed by atoms with E-state index in [0.29, 0.717) is 22.7 Å². The molecule has 0 bridgehead atoms. The van der Waals surface area contributed by atoms with Crippen LogP contribution in [0.2, 0.25) is 0 Å². The Hall–Kier alpha value is -1.75. The predicted molar refractivity (Wildman–Crippen MR) is 76.6 cm³/mol. The number of anilines is 1. The number of hydrogen-bond acceptors (Lipinski definition) is 3. The Morgan fingerprint density at radius 2 is 2.11 bits per heavy atom. The molecule has 0 spiro atoms. The van der Waals surface area contributed by atoms with Crippen LogP contribution in [0.4, 0.5) is 5.69 Å². The van der Waals surface area contributed by atoms with Gasteiger partial charge in [-0.1, -0.05) is 19.1 Å². The number of benzene rings is 1. The largest absolute Gasteiger partial charge is 0.491 e. The average molecular weight is 324 g/mol. The lowest BCUT2D eigenvalue weighted by molar-refractivity contribution is 0.0995. The molecule has 100 valence electrons. The zero-order chi connectivity index (χ0) is 13.7. The molecule has 1 heterocycles. The molecule has 2 rings (SSSR count). The molecule has 1 aromatic heterocycles. The van der Waals surface area contributed by atoms with Gasteiger partial charge in [-0.3, -0.25) is 4.79 Å². The molecule has 1 amide bonds. The van der Waals surface area contributed by atoms with Gasteiger partial charge >= 0.3 is 0 Å². The van der Waals surface area contributed by atoms with Crippen LogP contribution in [0.25, 0.3) is 0 Å². The van der Waals surface area contributed by atoms with Gasteiger partial charge in [0.1, 0.15) is 5.75 Å². The highest BCUT2D eigenvalue weighted by molar-refractivity contribution is 9.10. The monoisotopic (exact) mass is 323 g/mol. The minimum absolute atomic E-state index is 0.247. The summed E-state index contributed by atoms with van der Waals surface area (Å²) in [5.74, 6) is 0.596. The third kappa shape index (κ3) is 3.61. The van der Waals surface area contributed by atoms with Crippen LogP contribution < -0.4 is 10.1 Å². The van der Waals surface area contributed by atoms with Gasteiger partial charge in [0, 0.05) is 0 Å². The molecule has 1 N–H and O–H groups in total. The number of halogens is 1. The first-order valence-electron chi connectivity index (χ1n) is 5.99. The Labute approximate surface area is 119 Å². The van der Waals surface area contributed by atoms with Crippen molar-refractivity contribution in [2.75, 3.05) is 11.9 Å². The molecule has 0 atom stereocenters. The molecule has 5 heteroatoms. The lowest BCUT2D eigenvalue weighted by atomic mass is 10.3. The number of furan rings is 1. The molecule has 0 unspecified atom stereocenters. The Morgan fingerprint density at radius 1 is 1.32 bits per heavy atom. The van der Waals surface area contributed by atoms with E-state index >= 15 is 0 Å². The van der Waals surface area contributed by atoms with Gasteiger partial charge in [-0.05, 0) is 46.6 Å². The first-order valence-corrected chi connectivity index (χ1v) is 6.78. The Balaban J connectivity index is 2.12. The van der Waals surface area contributed by atoms with E-state index in [1.807, 2.05) is 25.1 Å². The van der Waals surface area contributed by atoms with Gasteiger partial charge < -0.3 is 14.5 Å². The van der Waals surface area contributed by atoms with Gasteiger partial charge in [-0.25, -0.2) is 0 Å². The molecule has 0 aliphatic carbocycles. The van der Waals surface area contributed by atoms with Gasteiger partial charge in [0.15, 0.2) is 10.4 Å². The Bertz CT molecular complexity index is 565. The highest BCUT2D eigenvalue weighted by atomic mass is 79.9. The lowest BCUT2D eigenvalue weighted by Crippen LogP contribution is -2.12. The van der Waals surface area contributed by atoms with Crippen LogP contribution in [0, 0.1) is 0 Å². The van der Waals surface area contributed by atoms with Gasteiger partial charge in [-0.15, -0.1) is 0 Å². The van der Waals surface area contributed by atoms with Crippen LogP contribution in [-0.2, 0) is 0 Å². The fraction of sp³-hybridized carbons (Fsp3) is 0.214. The maximum absolute atomic E-state index is 12.0. The number of amides is 1. The maximum atomic E-state index is 12.0. The summed E-state index contributed by atoms with van der Waals surface area (Å²) < 4.78 is 11.3. The molecular weight excluding hydrogens is 310 g/mol. The summed E-state index contributed by atoms with van der Waals surface area (Å²) in [7, 11) is 0. The fourth-order valence-corrected chi connectivity index (χ4v) is 1.83. The first kappa shape index (κ1) is 13.7. The number of ether oxygens (including phenoxy) is 1. The first-order chi connectivity index (χ1) is 9.20. The molecule has 0 saturated heterocycles. The maximum Gasteiger partial charge on any atom is 0.291 e. The zero-order valence-corrected chi connectivity index (χ0v) is 12.1. The normalized spacial score (nSPS) is 10.2. The number of carbonyl (C=O) groups excluding carboxylic acids is 1. The number of rotatable bonds is 5. The van der Waals surface area contributed by atoms with Gasteiger partial charge in [0.05, 0.1) is 12.3 Å². The van der Waals surface area contributed by atoms with Crippen molar-refractivity contribution < 1.29 is 13.9 Å². The number of nitrogens with one attached hydrogen (secondary N) is 1. The van der Waals surface area contributed by atoms with Crippen LogP contribution in [0.1, 0.15) is 23.9 Å². The van der Waals surface area contributed by atoms with Crippen LogP contribution in [0.5, 0.6) is 5.75 Å². The quantitative estimate of drug-likeness (QED) is 0.901. The SMILES string of the molecule is CCCOc1ccccc1NC(=O)c1ccc(Br)o1.